The van der Waals surface area contributed by atoms with Crippen LogP contribution in [0.1, 0.15) is 5.56 Å². The first-order valence-corrected chi connectivity index (χ1v) is 5.00. The number of rotatable bonds is 3. The summed E-state index contributed by atoms with van der Waals surface area (Å²) in [6, 6.07) is 10.3. The second-order valence-corrected chi connectivity index (χ2v) is 3.57. The number of thiazole rings is 1. The third-order valence-electron chi connectivity index (χ3n) is 1.72. The van der Waals surface area contributed by atoms with E-state index in [1.54, 1.807) is 17.5 Å². The number of anilines is 1. The maximum absolute atomic E-state index is 4.14. The van der Waals surface area contributed by atoms with Gasteiger partial charge in [0.25, 0.3) is 0 Å². The van der Waals surface area contributed by atoms with E-state index in [0.717, 1.165) is 11.7 Å². The van der Waals surface area contributed by atoms with Crippen molar-refractivity contribution in [1.29, 1.82) is 0 Å². The topological polar surface area (TPSA) is 24.9 Å². The van der Waals surface area contributed by atoms with Crippen molar-refractivity contribution in [3.8, 4) is 0 Å². The number of nitrogens with one attached hydrogen (secondary N) is 1. The molecule has 1 N–H and O–H groups in total. The molecule has 0 aliphatic carbocycles. The van der Waals surface area contributed by atoms with Crippen molar-refractivity contribution in [2.75, 3.05) is 5.32 Å². The highest BCUT2D eigenvalue weighted by atomic mass is 32.1. The molecule has 0 saturated heterocycles. The molecular weight excluding hydrogens is 180 g/mol. The smallest absolute Gasteiger partial charge is 0.182 e. The minimum Gasteiger partial charge on any atom is -0.357 e. The van der Waals surface area contributed by atoms with Crippen LogP contribution in [0.5, 0.6) is 0 Å². The van der Waals surface area contributed by atoms with E-state index in [1.165, 1.54) is 5.56 Å². The van der Waals surface area contributed by atoms with Gasteiger partial charge in [-0.25, -0.2) is 4.98 Å². The van der Waals surface area contributed by atoms with Crippen LogP contribution in [-0.2, 0) is 6.54 Å². The third-order valence-corrected chi connectivity index (χ3v) is 2.45. The van der Waals surface area contributed by atoms with Crippen molar-refractivity contribution < 1.29 is 0 Å². The van der Waals surface area contributed by atoms with E-state index in [-0.39, 0.29) is 0 Å². The first kappa shape index (κ1) is 8.26. The highest BCUT2D eigenvalue weighted by Gasteiger charge is 1.93. The van der Waals surface area contributed by atoms with Gasteiger partial charge in [-0.3, -0.25) is 0 Å². The number of nitrogens with zero attached hydrogens (tertiary/aromatic N) is 1. The Labute approximate surface area is 81.3 Å². The van der Waals surface area contributed by atoms with Gasteiger partial charge in [-0.2, -0.15) is 0 Å². The van der Waals surface area contributed by atoms with E-state index in [4.69, 9.17) is 0 Å². The maximum Gasteiger partial charge on any atom is 0.182 e. The molecule has 0 radical (unpaired) electrons. The Balaban J connectivity index is 1.94. The summed E-state index contributed by atoms with van der Waals surface area (Å²) in [6.45, 7) is 0.842. The zero-order chi connectivity index (χ0) is 8.93. The van der Waals surface area contributed by atoms with Crippen molar-refractivity contribution in [2.45, 2.75) is 6.54 Å². The van der Waals surface area contributed by atoms with Crippen molar-refractivity contribution >= 4 is 16.5 Å². The molecule has 0 aliphatic rings. The van der Waals surface area contributed by atoms with Crippen LogP contribution in [0.4, 0.5) is 5.13 Å². The third kappa shape index (κ3) is 2.29. The highest BCUT2D eigenvalue weighted by Crippen LogP contribution is 2.11. The van der Waals surface area contributed by atoms with Crippen LogP contribution in [0.2, 0.25) is 0 Å². The number of benzene rings is 1. The van der Waals surface area contributed by atoms with Crippen LogP contribution in [0, 0.1) is 0 Å². The Morgan fingerprint density at radius 1 is 1.23 bits per heavy atom. The fourth-order valence-corrected chi connectivity index (χ4v) is 1.61. The lowest BCUT2D eigenvalue weighted by atomic mass is 10.2. The molecule has 0 fully saturated rings. The fraction of sp³-hybridized carbons (Fsp3) is 0.100. The van der Waals surface area contributed by atoms with Crippen molar-refractivity contribution in [3.05, 3.63) is 47.5 Å². The monoisotopic (exact) mass is 190 g/mol. The molecule has 2 aromatic rings. The van der Waals surface area contributed by atoms with E-state index >= 15 is 0 Å². The van der Waals surface area contributed by atoms with Crippen molar-refractivity contribution in [3.63, 3.8) is 0 Å². The lowest BCUT2D eigenvalue weighted by molar-refractivity contribution is 1.13. The van der Waals surface area contributed by atoms with E-state index < -0.39 is 0 Å². The van der Waals surface area contributed by atoms with E-state index in [2.05, 4.69) is 22.4 Å². The van der Waals surface area contributed by atoms with Gasteiger partial charge < -0.3 is 5.32 Å². The van der Waals surface area contributed by atoms with E-state index in [0.29, 0.717) is 0 Å². The number of hydrogen-bond acceptors (Lipinski definition) is 3. The minimum atomic E-state index is 0.842. The molecule has 1 aromatic carbocycles. The highest BCUT2D eigenvalue weighted by molar-refractivity contribution is 7.13. The van der Waals surface area contributed by atoms with Gasteiger partial charge in [-0.1, -0.05) is 30.3 Å². The Morgan fingerprint density at radius 3 is 2.77 bits per heavy atom. The summed E-state index contributed by atoms with van der Waals surface area (Å²) in [5.74, 6) is 0. The van der Waals surface area contributed by atoms with Crippen LogP contribution >= 0.6 is 11.3 Å². The van der Waals surface area contributed by atoms with E-state index in [1.807, 2.05) is 23.6 Å². The molecule has 0 saturated carbocycles. The van der Waals surface area contributed by atoms with Crippen LogP contribution < -0.4 is 5.32 Å². The minimum absolute atomic E-state index is 0.842. The van der Waals surface area contributed by atoms with Crippen LogP contribution in [0.25, 0.3) is 0 Å². The van der Waals surface area contributed by atoms with Gasteiger partial charge >= 0.3 is 0 Å². The van der Waals surface area contributed by atoms with Crippen LogP contribution in [0.3, 0.4) is 0 Å². The molecule has 3 heteroatoms. The molecule has 0 spiro atoms. The Kier molecular flexibility index (Phi) is 2.57. The molecule has 13 heavy (non-hydrogen) atoms. The molecule has 0 amide bonds. The van der Waals surface area contributed by atoms with Crippen LogP contribution in [-0.4, -0.2) is 4.98 Å². The lowest BCUT2D eigenvalue weighted by Crippen LogP contribution is -1.97. The van der Waals surface area contributed by atoms with Crippen LogP contribution in [0.15, 0.2) is 41.9 Å². The predicted octanol–water partition coefficient (Wildman–Crippen LogP) is 2.76. The van der Waals surface area contributed by atoms with E-state index in [9.17, 15) is 0 Å². The second-order valence-electron chi connectivity index (χ2n) is 2.68. The molecule has 1 aromatic heterocycles. The summed E-state index contributed by atoms with van der Waals surface area (Å²) >= 11 is 1.62. The molecule has 1 heterocycles. The van der Waals surface area contributed by atoms with Gasteiger partial charge in [0.15, 0.2) is 5.13 Å². The number of aromatic nitrogens is 1. The molecule has 0 bridgehead atoms. The van der Waals surface area contributed by atoms with Gasteiger partial charge in [-0.15, -0.1) is 11.3 Å². The zero-order valence-electron chi connectivity index (χ0n) is 7.10. The average Bonchev–Trinajstić information content (AvgIpc) is 2.69. The Morgan fingerprint density at radius 2 is 2.08 bits per heavy atom. The molecule has 2 rings (SSSR count). The zero-order valence-corrected chi connectivity index (χ0v) is 7.92. The molecule has 66 valence electrons. The van der Waals surface area contributed by atoms with Gasteiger partial charge in [0.05, 0.1) is 0 Å². The first-order chi connectivity index (χ1) is 6.45. The molecular formula is C10H10N2S. The average molecular weight is 190 g/mol. The largest absolute Gasteiger partial charge is 0.357 e. The van der Waals surface area contributed by atoms with Gasteiger partial charge in [-0.05, 0) is 5.56 Å². The molecule has 0 atom stereocenters. The summed E-state index contributed by atoms with van der Waals surface area (Å²) in [7, 11) is 0. The van der Waals surface area contributed by atoms with Gasteiger partial charge in [0.2, 0.25) is 0 Å². The first-order valence-electron chi connectivity index (χ1n) is 4.12. The summed E-state index contributed by atoms with van der Waals surface area (Å²) < 4.78 is 0. The van der Waals surface area contributed by atoms with Crippen molar-refractivity contribution in [1.82, 2.24) is 4.98 Å². The number of hydrogen-bond donors (Lipinski definition) is 1. The van der Waals surface area contributed by atoms with Gasteiger partial charge in [0, 0.05) is 18.1 Å². The lowest BCUT2D eigenvalue weighted by Gasteiger charge is -2.01. The van der Waals surface area contributed by atoms with Crippen molar-refractivity contribution in [2.24, 2.45) is 0 Å². The summed E-state index contributed by atoms with van der Waals surface area (Å²) in [5, 5.41) is 6.19. The summed E-state index contributed by atoms with van der Waals surface area (Å²) in [6.07, 6.45) is 1.80. The standard InChI is InChI=1S/C10H10N2S/c1-2-4-9(5-3-1)8-12-10-11-6-7-13-10/h1-7H,8H2,(H,11,12). The molecule has 2 nitrogen and oxygen atoms in total. The summed E-state index contributed by atoms with van der Waals surface area (Å²) in [4.78, 5) is 4.14. The normalized spacial score (nSPS) is 9.85. The molecule has 0 unspecified atom stereocenters. The fourth-order valence-electron chi connectivity index (χ4n) is 1.08. The molecule has 0 aliphatic heterocycles. The second kappa shape index (κ2) is 4.05. The SMILES string of the molecule is c1ccc(CNc2nccs2)cc1. The Bertz CT molecular complexity index is 342. The summed E-state index contributed by atoms with van der Waals surface area (Å²) in [5.41, 5.74) is 1.28. The maximum atomic E-state index is 4.14. The van der Waals surface area contributed by atoms with Gasteiger partial charge in [0.1, 0.15) is 0 Å². The Hall–Kier alpha value is -1.35. The quantitative estimate of drug-likeness (QED) is 0.805. The predicted molar refractivity (Wildman–Crippen MR) is 55.9 cm³/mol.